The molecule has 0 fully saturated rings. The van der Waals surface area contributed by atoms with Crippen molar-refractivity contribution in [1.82, 2.24) is 5.32 Å². The standard InChI is InChI=1S/C18H19Cl2FN2O3S/c1-2-3-6-9-22-18(24)12-10-17(14(20)11-13(12)19)27(25,26)23-16-8-5-4-7-15(16)21/h4-5,7-8,10-11,23H,2-3,6,9H2,1H3,(H,22,24). The number of hydrogen-bond acceptors (Lipinski definition) is 3. The normalized spacial score (nSPS) is 11.3. The number of rotatable bonds is 8. The summed E-state index contributed by atoms with van der Waals surface area (Å²) in [5, 5.41) is 2.54. The van der Waals surface area contributed by atoms with Crippen molar-refractivity contribution >= 4 is 44.8 Å². The van der Waals surface area contributed by atoms with Gasteiger partial charge in [-0.1, -0.05) is 55.1 Å². The van der Waals surface area contributed by atoms with Gasteiger partial charge in [-0.2, -0.15) is 0 Å². The number of para-hydroxylation sites is 1. The lowest BCUT2D eigenvalue weighted by Crippen LogP contribution is -2.25. The van der Waals surface area contributed by atoms with Crippen LogP contribution in [0.1, 0.15) is 36.5 Å². The summed E-state index contributed by atoms with van der Waals surface area (Å²) < 4.78 is 41.1. The first kappa shape index (κ1) is 21.5. The molecule has 5 nitrogen and oxygen atoms in total. The van der Waals surface area contributed by atoms with Crippen LogP contribution in [0.4, 0.5) is 10.1 Å². The molecule has 2 rings (SSSR count). The van der Waals surface area contributed by atoms with Crippen molar-refractivity contribution < 1.29 is 17.6 Å². The first-order valence-corrected chi connectivity index (χ1v) is 10.5. The maximum atomic E-state index is 13.8. The van der Waals surface area contributed by atoms with Crippen LogP contribution in [-0.4, -0.2) is 20.9 Å². The number of halogens is 3. The SMILES string of the molecule is CCCCCNC(=O)c1cc(S(=O)(=O)Nc2ccccc2F)c(Cl)cc1Cl. The Hall–Kier alpha value is -1.83. The molecule has 0 bridgehead atoms. The number of hydrogen-bond donors (Lipinski definition) is 2. The number of nitrogens with one attached hydrogen (secondary N) is 2. The van der Waals surface area contributed by atoms with Gasteiger partial charge in [-0.05, 0) is 30.7 Å². The van der Waals surface area contributed by atoms with Gasteiger partial charge in [0.1, 0.15) is 10.7 Å². The summed E-state index contributed by atoms with van der Waals surface area (Å²) in [4.78, 5) is 12.0. The minimum absolute atomic E-state index is 0.0218. The number of sulfonamides is 1. The molecule has 0 aromatic heterocycles. The van der Waals surface area contributed by atoms with Crippen LogP contribution in [0.5, 0.6) is 0 Å². The van der Waals surface area contributed by atoms with Gasteiger partial charge in [0.05, 0.1) is 21.3 Å². The van der Waals surface area contributed by atoms with E-state index in [4.69, 9.17) is 23.2 Å². The van der Waals surface area contributed by atoms with Crippen molar-refractivity contribution in [2.75, 3.05) is 11.3 Å². The molecule has 0 saturated carbocycles. The molecule has 0 radical (unpaired) electrons. The van der Waals surface area contributed by atoms with Crippen LogP contribution in [0.2, 0.25) is 10.0 Å². The molecule has 0 aliphatic heterocycles. The molecule has 0 heterocycles. The highest BCUT2D eigenvalue weighted by Gasteiger charge is 2.23. The lowest BCUT2D eigenvalue weighted by molar-refractivity contribution is 0.0953. The Labute approximate surface area is 167 Å². The van der Waals surface area contributed by atoms with E-state index in [2.05, 4.69) is 10.0 Å². The molecule has 2 aromatic rings. The second-order valence-electron chi connectivity index (χ2n) is 5.81. The maximum absolute atomic E-state index is 13.8. The third-order valence-corrected chi connectivity index (χ3v) is 5.88. The van der Waals surface area contributed by atoms with Crippen LogP contribution in [0.15, 0.2) is 41.3 Å². The topological polar surface area (TPSA) is 75.3 Å². The second-order valence-corrected chi connectivity index (χ2v) is 8.28. The highest BCUT2D eigenvalue weighted by atomic mass is 35.5. The summed E-state index contributed by atoms with van der Waals surface area (Å²) in [7, 11) is -4.23. The first-order chi connectivity index (χ1) is 12.8. The molecule has 2 aromatic carbocycles. The van der Waals surface area contributed by atoms with Crippen molar-refractivity contribution in [2.45, 2.75) is 31.1 Å². The van der Waals surface area contributed by atoms with Gasteiger partial charge in [-0.3, -0.25) is 9.52 Å². The van der Waals surface area contributed by atoms with E-state index in [-0.39, 0.29) is 26.2 Å². The molecule has 27 heavy (non-hydrogen) atoms. The molecule has 2 N–H and O–H groups in total. The minimum Gasteiger partial charge on any atom is -0.352 e. The monoisotopic (exact) mass is 432 g/mol. The lowest BCUT2D eigenvalue weighted by atomic mass is 10.2. The van der Waals surface area contributed by atoms with Gasteiger partial charge in [0.15, 0.2) is 0 Å². The zero-order valence-electron chi connectivity index (χ0n) is 14.6. The summed E-state index contributed by atoms with van der Waals surface area (Å²) in [5.41, 5.74) is -0.249. The summed E-state index contributed by atoms with van der Waals surface area (Å²) in [5.74, 6) is -1.24. The van der Waals surface area contributed by atoms with Crippen molar-refractivity contribution in [3.63, 3.8) is 0 Å². The summed E-state index contributed by atoms with van der Waals surface area (Å²) in [6.07, 6.45) is 2.76. The van der Waals surface area contributed by atoms with E-state index in [0.29, 0.717) is 6.54 Å². The fraction of sp³-hybridized carbons (Fsp3) is 0.278. The molecule has 0 atom stereocenters. The first-order valence-electron chi connectivity index (χ1n) is 8.31. The van der Waals surface area contributed by atoms with Crippen LogP contribution in [0.25, 0.3) is 0 Å². The predicted molar refractivity (Wildman–Crippen MR) is 106 cm³/mol. The zero-order chi connectivity index (χ0) is 20.0. The number of amides is 1. The van der Waals surface area contributed by atoms with E-state index in [1.165, 1.54) is 24.3 Å². The number of anilines is 1. The Morgan fingerprint density at radius 1 is 1.11 bits per heavy atom. The number of carbonyl (C=O) groups is 1. The van der Waals surface area contributed by atoms with Crippen LogP contribution in [0.3, 0.4) is 0 Å². The lowest BCUT2D eigenvalue weighted by Gasteiger charge is -2.13. The van der Waals surface area contributed by atoms with E-state index in [0.717, 1.165) is 31.4 Å². The number of benzene rings is 2. The molecule has 146 valence electrons. The Bertz CT molecular complexity index is 936. The fourth-order valence-electron chi connectivity index (χ4n) is 2.32. The smallest absolute Gasteiger partial charge is 0.263 e. The van der Waals surface area contributed by atoms with Gasteiger partial charge in [-0.15, -0.1) is 0 Å². The van der Waals surface area contributed by atoms with Gasteiger partial charge >= 0.3 is 0 Å². The van der Waals surface area contributed by atoms with Crippen LogP contribution < -0.4 is 10.0 Å². The van der Waals surface area contributed by atoms with E-state index < -0.39 is 21.7 Å². The van der Waals surface area contributed by atoms with Gasteiger partial charge in [0.2, 0.25) is 0 Å². The van der Waals surface area contributed by atoms with E-state index in [1.807, 2.05) is 6.92 Å². The summed E-state index contributed by atoms with van der Waals surface area (Å²) in [6.45, 7) is 2.48. The average Bonchev–Trinajstić information content (AvgIpc) is 2.60. The third kappa shape index (κ3) is 5.57. The van der Waals surface area contributed by atoms with Crippen molar-refractivity contribution in [1.29, 1.82) is 0 Å². The van der Waals surface area contributed by atoms with Gasteiger partial charge in [0, 0.05) is 6.54 Å². The molecule has 0 spiro atoms. The molecule has 0 aliphatic rings. The van der Waals surface area contributed by atoms with Crippen molar-refractivity contribution in [3.8, 4) is 0 Å². The summed E-state index contributed by atoms with van der Waals surface area (Å²) in [6, 6.07) is 7.58. The summed E-state index contributed by atoms with van der Waals surface area (Å²) >= 11 is 12.1. The van der Waals surface area contributed by atoms with Crippen LogP contribution in [0, 0.1) is 5.82 Å². The van der Waals surface area contributed by atoms with Crippen LogP contribution in [-0.2, 0) is 10.0 Å². The van der Waals surface area contributed by atoms with Gasteiger partial charge in [0.25, 0.3) is 15.9 Å². The molecule has 0 aliphatic carbocycles. The zero-order valence-corrected chi connectivity index (χ0v) is 16.9. The van der Waals surface area contributed by atoms with Crippen LogP contribution >= 0.6 is 23.2 Å². The largest absolute Gasteiger partial charge is 0.352 e. The van der Waals surface area contributed by atoms with E-state index >= 15 is 0 Å². The van der Waals surface area contributed by atoms with Gasteiger partial charge < -0.3 is 5.32 Å². The number of unbranched alkanes of at least 4 members (excludes halogenated alkanes) is 2. The Morgan fingerprint density at radius 2 is 1.81 bits per heavy atom. The Balaban J connectivity index is 2.31. The number of carbonyl (C=O) groups excluding carboxylic acids is 1. The van der Waals surface area contributed by atoms with Crippen molar-refractivity contribution in [2.24, 2.45) is 0 Å². The maximum Gasteiger partial charge on any atom is 0.263 e. The quantitative estimate of drug-likeness (QED) is 0.585. The Morgan fingerprint density at radius 3 is 2.48 bits per heavy atom. The van der Waals surface area contributed by atoms with E-state index in [1.54, 1.807) is 0 Å². The highest BCUT2D eigenvalue weighted by molar-refractivity contribution is 7.92. The van der Waals surface area contributed by atoms with E-state index in [9.17, 15) is 17.6 Å². The fourth-order valence-corrected chi connectivity index (χ4v) is 4.25. The molecule has 0 saturated heterocycles. The minimum atomic E-state index is -4.23. The highest BCUT2D eigenvalue weighted by Crippen LogP contribution is 2.30. The molecule has 9 heteroatoms. The van der Waals surface area contributed by atoms with Crippen molar-refractivity contribution in [3.05, 3.63) is 57.8 Å². The van der Waals surface area contributed by atoms with Gasteiger partial charge in [-0.25, -0.2) is 12.8 Å². The Kier molecular flexibility index (Phi) is 7.47. The molecule has 0 unspecified atom stereocenters. The predicted octanol–water partition coefficient (Wildman–Crippen LogP) is 4.85. The third-order valence-electron chi connectivity index (χ3n) is 3.74. The molecular formula is C18H19Cl2FN2O3S. The average molecular weight is 433 g/mol. The molecular weight excluding hydrogens is 414 g/mol. The molecule has 1 amide bonds. The second kappa shape index (κ2) is 9.39.